The standard InChI is InChI=1S/C12H15N3OS/c1-3-16-10-5-4-9(6-8(10)2)12-15-14-11(7-13)17-12/h4-6H,3,7,13H2,1-2H3. The van der Waals surface area contributed by atoms with Crippen LogP contribution in [0, 0.1) is 6.92 Å². The van der Waals surface area contributed by atoms with Crippen LogP contribution in [-0.4, -0.2) is 16.8 Å². The molecule has 0 fully saturated rings. The van der Waals surface area contributed by atoms with Crippen molar-refractivity contribution in [2.45, 2.75) is 20.4 Å². The van der Waals surface area contributed by atoms with Gasteiger partial charge in [-0.3, -0.25) is 0 Å². The molecule has 0 aliphatic rings. The SMILES string of the molecule is CCOc1ccc(-c2nnc(CN)s2)cc1C. The second-order valence-corrected chi connectivity index (χ2v) is 4.68. The van der Waals surface area contributed by atoms with E-state index in [4.69, 9.17) is 10.5 Å². The van der Waals surface area contributed by atoms with Gasteiger partial charge in [-0.2, -0.15) is 0 Å². The molecule has 1 aromatic carbocycles. The lowest BCUT2D eigenvalue weighted by Gasteiger charge is -2.07. The molecule has 0 bridgehead atoms. The zero-order valence-electron chi connectivity index (χ0n) is 9.93. The Balaban J connectivity index is 2.30. The molecule has 0 saturated carbocycles. The maximum atomic E-state index is 5.52. The number of ether oxygens (including phenoxy) is 1. The molecule has 1 heterocycles. The third kappa shape index (κ3) is 2.62. The normalized spacial score (nSPS) is 10.5. The van der Waals surface area contributed by atoms with E-state index in [1.807, 2.05) is 26.0 Å². The highest BCUT2D eigenvalue weighted by atomic mass is 32.1. The van der Waals surface area contributed by atoms with Crippen LogP contribution in [0.3, 0.4) is 0 Å². The average molecular weight is 249 g/mol. The Morgan fingerprint density at radius 2 is 2.18 bits per heavy atom. The number of hydrogen-bond acceptors (Lipinski definition) is 5. The van der Waals surface area contributed by atoms with E-state index in [0.717, 1.165) is 26.9 Å². The molecule has 2 rings (SSSR count). The molecule has 0 radical (unpaired) electrons. The van der Waals surface area contributed by atoms with E-state index in [1.54, 1.807) is 0 Å². The molecule has 0 saturated heterocycles. The first-order chi connectivity index (χ1) is 8.24. The van der Waals surface area contributed by atoms with Gasteiger partial charge in [0.1, 0.15) is 15.8 Å². The lowest BCUT2D eigenvalue weighted by molar-refractivity contribution is 0.338. The van der Waals surface area contributed by atoms with Crippen LogP contribution in [0.15, 0.2) is 18.2 Å². The van der Waals surface area contributed by atoms with Crippen LogP contribution in [-0.2, 0) is 6.54 Å². The molecule has 4 nitrogen and oxygen atoms in total. The molecule has 17 heavy (non-hydrogen) atoms. The van der Waals surface area contributed by atoms with Crippen LogP contribution in [0.2, 0.25) is 0 Å². The second kappa shape index (κ2) is 5.25. The summed E-state index contributed by atoms with van der Waals surface area (Å²) in [6, 6.07) is 6.03. The molecular formula is C12H15N3OS. The van der Waals surface area contributed by atoms with Crippen molar-refractivity contribution in [1.29, 1.82) is 0 Å². The van der Waals surface area contributed by atoms with Crippen molar-refractivity contribution in [3.05, 3.63) is 28.8 Å². The highest BCUT2D eigenvalue weighted by Crippen LogP contribution is 2.28. The number of aryl methyl sites for hydroxylation is 1. The Kier molecular flexibility index (Phi) is 3.71. The van der Waals surface area contributed by atoms with E-state index < -0.39 is 0 Å². The van der Waals surface area contributed by atoms with E-state index in [1.165, 1.54) is 11.3 Å². The van der Waals surface area contributed by atoms with Crippen molar-refractivity contribution in [2.75, 3.05) is 6.61 Å². The van der Waals surface area contributed by atoms with Crippen molar-refractivity contribution in [3.8, 4) is 16.3 Å². The van der Waals surface area contributed by atoms with Gasteiger partial charge in [0.05, 0.1) is 6.61 Å². The van der Waals surface area contributed by atoms with E-state index in [-0.39, 0.29) is 0 Å². The Bertz CT molecular complexity index is 510. The number of nitrogens with zero attached hydrogens (tertiary/aromatic N) is 2. The minimum atomic E-state index is 0.438. The third-order valence-corrected chi connectivity index (χ3v) is 3.36. The number of nitrogens with two attached hydrogens (primary N) is 1. The maximum absolute atomic E-state index is 5.52. The lowest BCUT2D eigenvalue weighted by atomic mass is 10.1. The summed E-state index contributed by atoms with van der Waals surface area (Å²) in [5.74, 6) is 0.916. The van der Waals surface area contributed by atoms with Crippen LogP contribution in [0.5, 0.6) is 5.75 Å². The summed E-state index contributed by atoms with van der Waals surface area (Å²) in [4.78, 5) is 0. The minimum absolute atomic E-state index is 0.438. The summed E-state index contributed by atoms with van der Waals surface area (Å²) in [6.45, 7) is 5.12. The van der Waals surface area contributed by atoms with Crippen molar-refractivity contribution < 1.29 is 4.74 Å². The largest absolute Gasteiger partial charge is 0.494 e. The molecule has 0 atom stereocenters. The van der Waals surface area contributed by atoms with Crippen molar-refractivity contribution in [3.63, 3.8) is 0 Å². The monoisotopic (exact) mass is 249 g/mol. The highest BCUT2D eigenvalue weighted by Gasteiger charge is 2.07. The topological polar surface area (TPSA) is 61.0 Å². The summed E-state index contributed by atoms with van der Waals surface area (Å²) in [6.07, 6.45) is 0. The van der Waals surface area contributed by atoms with Crippen LogP contribution in [0.1, 0.15) is 17.5 Å². The number of rotatable bonds is 4. The van der Waals surface area contributed by atoms with Gasteiger partial charge >= 0.3 is 0 Å². The fourth-order valence-electron chi connectivity index (χ4n) is 1.55. The van der Waals surface area contributed by atoms with Crippen molar-refractivity contribution >= 4 is 11.3 Å². The molecule has 0 unspecified atom stereocenters. The molecule has 2 N–H and O–H groups in total. The summed E-state index contributed by atoms with van der Waals surface area (Å²) in [7, 11) is 0. The van der Waals surface area contributed by atoms with E-state index in [9.17, 15) is 0 Å². The molecule has 0 aliphatic heterocycles. The predicted octanol–water partition coefficient (Wildman–Crippen LogP) is 2.37. The number of hydrogen-bond donors (Lipinski definition) is 1. The summed E-state index contributed by atoms with van der Waals surface area (Å²) in [5.41, 5.74) is 7.69. The maximum Gasteiger partial charge on any atom is 0.147 e. The summed E-state index contributed by atoms with van der Waals surface area (Å²) >= 11 is 1.53. The molecule has 0 aliphatic carbocycles. The Morgan fingerprint density at radius 1 is 1.35 bits per heavy atom. The minimum Gasteiger partial charge on any atom is -0.494 e. The summed E-state index contributed by atoms with van der Waals surface area (Å²) in [5, 5.41) is 9.89. The zero-order valence-corrected chi connectivity index (χ0v) is 10.8. The van der Waals surface area contributed by atoms with Crippen molar-refractivity contribution in [1.82, 2.24) is 10.2 Å². The van der Waals surface area contributed by atoms with Crippen LogP contribution < -0.4 is 10.5 Å². The van der Waals surface area contributed by atoms with E-state index in [2.05, 4.69) is 16.3 Å². The zero-order chi connectivity index (χ0) is 12.3. The molecule has 1 aromatic heterocycles. The van der Waals surface area contributed by atoms with Crippen LogP contribution >= 0.6 is 11.3 Å². The molecule has 90 valence electrons. The molecule has 2 aromatic rings. The third-order valence-electron chi connectivity index (χ3n) is 2.36. The van der Waals surface area contributed by atoms with Crippen LogP contribution in [0.25, 0.3) is 10.6 Å². The van der Waals surface area contributed by atoms with E-state index >= 15 is 0 Å². The first kappa shape index (κ1) is 12.0. The van der Waals surface area contributed by atoms with Gasteiger partial charge < -0.3 is 10.5 Å². The number of benzene rings is 1. The first-order valence-corrected chi connectivity index (χ1v) is 6.32. The quantitative estimate of drug-likeness (QED) is 0.903. The Labute approximate surface area is 104 Å². The first-order valence-electron chi connectivity index (χ1n) is 5.51. The van der Waals surface area contributed by atoms with E-state index in [0.29, 0.717) is 13.2 Å². The number of aromatic nitrogens is 2. The van der Waals surface area contributed by atoms with Gasteiger partial charge in [0.15, 0.2) is 0 Å². The van der Waals surface area contributed by atoms with Gasteiger partial charge in [-0.25, -0.2) is 0 Å². The van der Waals surface area contributed by atoms with Crippen LogP contribution in [0.4, 0.5) is 0 Å². The molecule has 0 amide bonds. The van der Waals surface area contributed by atoms with Gasteiger partial charge in [-0.1, -0.05) is 11.3 Å². The summed E-state index contributed by atoms with van der Waals surface area (Å²) < 4.78 is 5.50. The second-order valence-electron chi connectivity index (χ2n) is 3.62. The molecule has 0 spiro atoms. The smallest absolute Gasteiger partial charge is 0.147 e. The van der Waals surface area contributed by atoms with Gasteiger partial charge in [-0.05, 0) is 37.6 Å². The Hall–Kier alpha value is -1.46. The van der Waals surface area contributed by atoms with Gasteiger partial charge in [0, 0.05) is 12.1 Å². The fraction of sp³-hybridized carbons (Fsp3) is 0.333. The van der Waals surface area contributed by atoms with Gasteiger partial charge in [-0.15, -0.1) is 10.2 Å². The molecule has 5 heteroatoms. The predicted molar refractivity (Wildman–Crippen MR) is 69.1 cm³/mol. The Morgan fingerprint density at radius 3 is 2.76 bits per heavy atom. The van der Waals surface area contributed by atoms with Gasteiger partial charge in [0.2, 0.25) is 0 Å². The lowest BCUT2D eigenvalue weighted by Crippen LogP contribution is -1.94. The van der Waals surface area contributed by atoms with Gasteiger partial charge in [0.25, 0.3) is 0 Å². The highest BCUT2D eigenvalue weighted by molar-refractivity contribution is 7.14. The van der Waals surface area contributed by atoms with Crippen molar-refractivity contribution in [2.24, 2.45) is 5.73 Å². The molecular weight excluding hydrogens is 234 g/mol. The fourth-order valence-corrected chi connectivity index (χ4v) is 2.27. The average Bonchev–Trinajstić information content (AvgIpc) is 2.80.